The van der Waals surface area contributed by atoms with E-state index in [1.807, 2.05) is 0 Å². The van der Waals surface area contributed by atoms with Gasteiger partial charge in [-0.3, -0.25) is 13.9 Å². The molecule has 0 aliphatic carbocycles. The Labute approximate surface area is 183 Å². The van der Waals surface area contributed by atoms with Gasteiger partial charge in [0.2, 0.25) is 5.91 Å². The van der Waals surface area contributed by atoms with Crippen molar-refractivity contribution in [1.82, 2.24) is 24.8 Å². The molecule has 2 aromatic heterocycles. The Hall–Kier alpha value is -1.81. The number of hydrogen-bond donors (Lipinski definition) is 6. The lowest BCUT2D eigenvalue weighted by molar-refractivity contribution is -0.117. The summed E-state index contributed by atoms with van der Waals surface area (Å²) in [5.41, 5.74) is 6.23. The average molecular weight is 497 g/mol. The Balaban J connectivity index is 1.91. The Kier molecular flexibility index (Phi) is 7.51. The SMILES string of the molecule is Nc1ncnc2c1nc(S/C=C/NC(=O)CCl)n2[C@@H]1O[C@H](COP(=O)(O)O)[C@@H](O)[C@H]1O. The predicted octanol–water partition coefficient (Wildman–Crippen LogP) is -0.945. The zero-order valence-corrected chi connectivity index (χ0v) is 17.9. The van der Waals surface area contributed by atoms with E-state index in [0.29, 0.717) is 0 Å². The average Bonchev–Trinajstić information content (AvgIpc) is 3.21. The van der Waals surface area contributed by atoms with Crippen molar-refractivity contribution in [2.45, 2.75) is 29.7 Å². The summed E-state index contributed by atoms with van der Waals surface area (Å²) in [7, 11) is -4.81. The predicted molar refractivity (Wildman–Crippen MR) is 108 cm³/mol. The first-order valence-electron chi connectivity index (χ1n) is 8.49. The highest BCUT2D eigenvalue weighted by Gasteiger charge is 2.46. The molecule has 1 fully saturated rings. The van der Waals surface area contributed by atoms with E-state index in [9.17, 15) is 19.6 Å². The molecule has 7 N–H and O–H groups in total. The number of nitrogens with zero attached hydrogens (tertiary/aromatic N) is 4. The minimum absolute atomic E-state index is 0.0550. The Morgan fingerprint density at radius 3 is 2.84 bits per heavy atom. The summed E-state index contributed by atoms with van der Waals surface area (Å²) < 4.78 is 22.3. The summed E-state index contributed by atoms with van der Waals surface area (Å²) in [4.78, 5) is 41.2. The lowest BCUT2D eigenvalue weighted by atomic mass is 10.1. The number of hydrogen-bond acceptors (Lipinski definition) is 11. The van der Waals surface area contributed by atoms with Crippen molar-refractivity contribution in [3.63, 3.8) is 0 Å². The van der Waals surface area contributed by atoms with Crippen LogP contribution in [0.15, 0.2) is 23.1 Å². The van der Waals surface area contributed by atoms with E-state index in [1.54, 1.807) is 0 Å². The Morgan fingerprint density at radius 2 is 2.16 bits per heavy atom. The maximum atomic E-state index is 11.2. The lowest BCUT2D eigenvalue weighted by Gasteiger charge is -2.18. The second-order valence-electron chi connectivity index (χ2n) is 6.15. The molecule has 1 aliphatic heterocycles. The van der Waals surface area contributed by atoms with Gasteiger partial charge in [0.05, 0.1) is 6.61 Å². The molecule has 0 unspecified atom stereocenters. The number of nitrogen functional groups attached to an aromatic ring is 1. The van der Waals surface area contributed by atoms with Crippen molar-refractivity contribution >= 4 is 54.1 Å². The number of nitrogens with two attached hydrogens (primary N) is 1. The van der Waals surface area contributed by atoms with Crippen LogP contribution in [0.25, 0.3) is 11.2 Å². The molecule has 0 saturated carbocycles. The van der Waals surface area contributed by atoms with Crippen LogP contribution < -0.4 is 11.1 Å². The van der Waals surface area contributed by atoms with Crippen LogP contribution in [0.3, 0.4) is 0 Å². The number of aliphatic hydroxyl groups excluding tert-OH is 2. The van der Waals surface area contributed by atoms with E-state index in [1.165, 1.54) is 22.5 Å². The molecule has 0 spiro atoms. The number of thioether (sulfide) groups is 1. The van der Waals surface area contributed by atoms with Gasteiger partial charge in [0.25, 0.3) is 0 Å². The molecule has 170 valence electrons. The molecule has 14 nitrogen and oxygen atoms in total. The quantitative estimate of drug-likeness (QED) is 0.148. The van der Waals surface area contributed by atoms with Crippen molar-refractivity contribution in [1.29, 1.82) is 0 Å². The van der Waals surface area contributed by atoms with Crippen LogP contribution in [0, 0.1) is 0 Å². The monoisotopic (exact) mass is 496 g/mol. The molecule has 3 heterocycles. The molecule has 3 rings (SSSR count). The van der Waals surface area contributed by atoms with Crippen molar-refractivity contribution in [2.24, 2.45) is 0 Å². The molecular weight excluding hydrogens is 479 g/mol. The van der Waals surface area contributed by atoms with Crippen LogP contribution in [-0.2, 0) is 18.6 Å². The topological polar surface area (TPSA) is 215 Å². The molecule has 1 amide bonds. The maximum Gasteiger partial charge on any atom is 0.469 e. The summed E-state index contributed by atoms with van der Waals surface area (Å²) in [5, 5.41) is 24.9. The fourth-order valence-electron chi connectivity index (χ4n) is 2.73. The molecule has 1 aliphatic rings. The largest absolute Gasteiger partial charge is 0.469 e. The van der Waals surface area contributed by atoms with Gasteiger partial charge in [-0.05, 0) is 5.41 Å². The first-order chi connectivity index (χ1) is 14.6. The normalized spacial score (nSPS) is 24.3. The number of rotatable bonds is 8. The Bertz CT molecular complexity index is 1030. The number of fused-ring (bicyclic) bond motifs is 1. The van der Waals surface area contributed by atoms with E-state index in [4.69, 9.17) is 31.9 Å². The lowest BCUT2D eigenvalue weighted by Crippen LogP contribution is -2.33. The third-order valence-corrected chi connectivity index (χ3v) is 5.58. The van der Waals surface area contributed by atoms with Gasteiger partial charge in [0, 0.05) is 6.20 Å². The number of halogens is 1. The van der Waals surface area contributed by atoms with Gasteiger partial charge in [-0.15, -0.1) is 11.6 Å². The molecular formula is C14H18ClN6O8PS. The molecule has 31 heavy (non-hydrogen) atoms. The zero-order valence-electron chi connectivity index (χ0n) is 15.5. The van der Waals surface area contributed by atoms with Crippen LogP contribution >= 0.6 is 31.2 Å². The van der Waals surface area contributed by atoms with E-state index in [-0.39, 0.29) is 28.0 Å². The maximum absolute atomic E-state index is 11.2. The molecule has 4 atom stereocenters. The summed E-state index contributed by atoms with van der Waals surface area (Å²) >= 11 is 6.41. The fourth-order valence-corrected chi connectivity index (χ4v) is 3.85. The highest BCUT2D eigenvalue weighted by molar-refractivity contribution is 8.02. The number of anilines is 1. The molecule has 0 aromatic carbocycles. The van der Waals surface area contributed by atoms with Crippen LogP contribution in [0.2, 0.25) is 0 Å². The van der Waals surface area contributed by atoms with Gasteiger partial charge in [-0.2, -0.15) is 0 Å². The van der Waals surface area contributed by atoms with Crippen molar-refractivity contribution < 1.29 is 38.6 Å². The molecule has 0 radical (unpaired) electrons. The molecule has 17 heteroatoms. The van der Waals surface area contributed by atoms with Crippen molar-refractivity contribution in [3.8, 4) is 0 Å². The number of alkyl halides is 1. The molecule has 2 aromatic rings. The number of aromatic nitrogens is 4. The third-order valence-electron chi connectivity index (χ3n) is 4.08. The van der Waals surface area contributed by atoms with Gasteiger partial charge < -0.3 is 35.8 Å². The van der Waals surface area contributed by atoms with Crippen molar-refractivity contribution in [3.05, 3.63) is 17.9 Å². The number of nitrogens with one attached hydrogen (secondary N) is 1. The van der Waals surface area contributed by atoms with Crippen molar-refractivity contribution in [2.75, 3.05) is 18.2 Å². The van der Waals surface area contributed by atoms with Gasteiger partial charge in [0.15, 0.2) is 28.4 Å². The number of phosphoric acid groups is 1. The highest BCUT2D eigenvalue weighted by atomic mass is 35.5. The van der Waals surface area contributed by atoms with Gasteiger partial charge in [-0.25, -0.2) is 19.5 Å². The zero-order chi connectivity index (χ0) is 22.8. The molecule has 0 bridgehead atoms. The van der Waals surface area contributed by atoms with Crippen LogP contribution in [0.5, 0.6) is 0 Å². The smallest absolute Gasteiger partial charge is 0.387 e. The number of phosphoric ester groups is 1. The Morgan fingerprint density at radius 1 is 1.42 bits per heavy atom. The minimum Gasteiger partial charge on any atom is -0.387 e. The van der Waals surface area contributed by atoms with Gasteiger partial charge in [-0.1, -0.05) is 11.8 Å². The van der Waals surface area contributed by atoms with E-state index < -0.39 is 44.9 Å². The summed E-state index contributed by atoms with van der Waals surface area (Å²) in [6.45, 7) is -0.671. The first-order valence-corrected chi connectivity index (χ1v) is 11.4. The second-order valence-corrected chi connectivity index (χ2v) is 8.53. The number of ether oxygens (including phenoxy) is 1. The summed E-state index contributed by atoms with van der Waals surface area (Å²) in [6, 6.07) is 0. The van der Waals surface area contributed by atoms with Crippen LogP contribution in [0.4, 0.5) is 5.82 Å². The molecule has 1 saturated heterocycles. The third kappa shape index (κ3) is 5.52. The summed E-state index contributed by atoms with van der Waals surface area (Å²) in [6.07, 6.45) is -3.03. The number of amides is 1. The minimum atomic E-state index is -4.81. The van der Waals surface area contributed by atoms with E-state index in [2.05, 4.69) is 24.8 Å². The number of carbonyl (C=O) groups is 1. The number of carbonyl (C=O) groups excluding carboxylic acids is 1. The fraction of sp³-hybridized carbons (Fsp3) is 0.429. The van der Waals surface area contributed by atoms with Crippen LogP contribution in [-0.4, -0.2) is 76.2 Å². The second kappa shape index (κ2) is 9.77. The van der Waals surface area contributed by atoms with Crippen LogP contribution in [0.1, 0.15) is 6.23 Å². The van der Waals surface area contributed by atoms with E-state index in [0.717, 1.165) is 11.8 Å². The standard InChI is InChI=1S/C14H18ClN6O8PS/c15-3-7(22)17-1-2-31-14-20-8-11(16)18-5-19-12(8)21(14)13-10(24)9(23)6(29-13)4-28-30(25,26)27/h1-2,5-6,9-10,13,23-24H,3-4H2,(H,17,22)(H2,16,18,19)(H2,25,26,27)/b2-1+/t6-,9-,10-,13-/m1/s1. The van der Waals surface area contributed by atoms with E-state index >= 15 is 0 Å². The van der Waals surface area contributed by atoms with Gasteiger partial charge in [0.1, 0.15) is 30.5 Å². The number of imidazole rings is 1. The number of aliphatic hydroxyl groups is 2. The first kappa shape index (κ1) is 23.8. The highest BCUT2D eigenvalue weighted by Crippen LogP contribution is 2.40. The summed E-state index contributed by atoms with van der Waals surface area (Å²) in [5.74, 6) is -0.593. The van der Waals surface area contributed by atoms with Gasteiger partial charge >= 0.3 is 7.82 Å².